The van der Waals surface area contributed by atoms with Crippen molar-refractivity contribution in [1.29, 1.82) is 0 Å². The van der Waals surface area contributed by atoms with Crippen LogP contribution in [0.15, 0.2) is 161 Å². The van der Waals surface area contributed by atoms with Crippen LogP contribution in [0.2, 0.25) is 0 Å². The lowest BCUT2D eigenvalue weighted by Crippen LogP contribution is -2.68. The normalized spacial score (nSPS) is 16.6. The smallest absolute Gasteiger partial charge is 0.222 e. The van der Waals surface area contributed by atoms with Crippen LogP contribution in [0.3, 0.4) is 0 Å². The zero-order valence-corrected chi connectivity index (χ0v) is 28.8. The number of halogens is 2. The van der Waals surface area contributed by atoms with Gasteiger partial charge in [0.1, 0.15) is 0 Å². The molecule has 0 amide bonds. The third-order valence-corrected chi connectivity index (χ3v) is 10.7. The molecule has 1 aromatic heterocycles. The highest BCUT2D eigenvalue weighted by molar-refractivity contribution is 8.08. The molecule has 0 radical (unpaired) electrons. The zero-order valence-electron chi connectivity index (χ0n) is 25.7. The fraction of sp³-hybridized carbons (Fsp3) is 0.0750. The summed E-state index contributed by atoms with van der Waals surface area (Å²) in [7, 11) is -4.94. The summed E-state index contributed by atoms with van der Waals surface area (Å²) in [6, 6.07) is 40.9. The van der Waals surface area contributed by atoms with E-state index < -0.39 is 10.2 Å². The standard InChI is InChI=1S/C40H30ClS2.ClHO4/c41-40-30(22-24-32-26-38(28-12-3-1-4-13-28)42-36-20-9-7-18-34(32)36)16-11-17-31(40)23-25-33-27-39(29-14-5-2-6-15-29)43-37-21-10-8-19-35(33)37;2-1(3,4)5/h1-10,12-15,18-27H,11,16-17H2;(H,2,3,4,5)/q+1;/p-1. The lowest BCUT2D eigenvalue weighted by molar-refractivity contribution is -2.00. The van der Waals surface area contributed by atoms with E-state index in [1.54, 1.807) is 0 Å². The van der Waals surface area contributed by atoms with Crippen molar-refractivity contribution in [2.75, 3.05) is 0 Å². The van der Waals surface area contributed by atoms with E-state index in [9.17, 15) is 0 Å². The molecule has 48 heavy (non-hydrogen) atoms. The van der Waals surface area contributed by atoms with Crippen LogP contribution < -0.4 is 18.6 Å². The molecule has 5 aromatic rings. The van der Waals surface area contributed by atoms with Crippen LogP contribution in [0.4, 0.5) is 0 Å². The van der Waals surface area contributed by atoms with Crippen molar-refractivity contribution in [3.05, 3.63) is 172 Å². The number of hydrogen-bond acceptors (Lipinski definition) is 5. The molecule has 0 spiro atoms. The van der Waals surface area contributed by atoms with Gasteiger partial charge in [-0.05, 0) is 83.0 Å². The van der Waals surface area contributed by atoms with E-state index in [2.05, 4.69) is 146 Å². The lowest BCUT2D eigenvalue weighted by Gasteiger charge is -2.20. The molecule has 0 fully saturated rings. The summed E-state index contributed by atoms with van der Waals surface area (Å²) < 4.78 is 35.3. The second-order valence-corrected chi connectivity index (χ2v) is 14.4. The quantitative estimate of drug-likeness (QED) is 0.173. The van der Waals surface area contributed by atoms with E-state index in [-0.39, 0.29) is 0 Å². The number of hydrogen-bond donors (Lipinski definition) is 0. The number of rotatable bonds is 5. The van der Waals surface area contributed by atoms with Gasteiger partial charge in [0.15, 0.2) is 0 Å². The van der Waals surface area contributed by atoms with Crippen molar-refractivity contribution in [2.45, 2.75) is 24.2 Å². The second-order valence-electron chi connectivity index (χ2n) is 11.1. The van der Waals surface area contributed by atoms with Gasteiger partial charge in [-0.1, -0.05) is 127 Å². The molecule has 7 rings (SSSR count). The van der Waals surface area contributed by atoms with Crippen LogP contribution >= 0.6 is 34.7 Å². The van der Waals surface area contributed by atoms with Gasteiger partial charge in [-0.3, -0.25) is 0 Å². The Morgan fingerprint density at radius 2 is 1.35 bits per heavy atom. The maximum absolute atomic E-state index is 8.49. The molecular weight excluding hydrogens is 679 g/mol. The zero-order chi connectivity index (χ0) is 33.5. The summed E-state index contributed by atoms with van der Waals surface area (Å²) in [4.78, 5) is 3.82. The topological polar surface area (TPSA) is 92.2 Å². The molecule has 0 N–H and O–H groups in total. The first-order valence-electron chi connectivity index (χ1n) is 15.3. The van der Waals surface area contributed by atoms with E-state index in [0.717, 1.165) is 24.3 Å². The van der Waals surface area contributed by atoms with Gasteiger partial charge in [0.25, 0.3) is 0 Å². The predicted octanol–water partition coefficient (Wildman–Crippen LogP) is 7.94. The predicted molar refractivity (Wildman–Crippen MR) is 190 cm³/mol. The fourth-order valence-corrected chi connectivity index (χ4v) is 8.23. The molecule has 1 aliphatic heterocycles. The maximum atomic E-state index is 8.49. The summed E-state index contributed by atoms with van der Waals surface area (Å²) in [5.74, 6) is 0. The van der Waals surface area contributed by atoms with E-state index in [1.807, 2.05) is 23.1 Å². The minimum atomic E-state index is -4.94. The van der Waals surface area contributed by atoms with Crippen LogP contribution in [0.1, 0.15) is 36.0 Å². The van der Waals surface area contributed by atoms with Crippen LogP contribution in [-0.2, 0) is 0 Å². The van der Waals surface area contributed by atoms with Crippen LogP contribution in [0.5, 0.6) is 0 Å². The first-order valence-corrected chi connectivity index (χ1v) is 18.5. The summed E-state index contributed by atoms with van der Waals surface area (Å²) in [6.45, 7) is 0. The molecule has 0 unspecified atom stereocenters. The molecule has 1 aliphatic carbocycles. The van der Waals surface area contributed by atoms with Gasteiger partial charge >= 0.3 is 0 Å². The lowest BCUT2D eigenvalue weighted by atomic mass is 9.93. The van der Waals surface area contributed by atoms with Gasteiger partial charge in [0.05, 0.1) is 0 Å². The van der Waals surface area contributed by atoms with Crippen LogP contribution in [0.25, 0.3) is 37.1 Å². The SMILES string of the molecule is ClC1=C(/C=C/c2cc(-c3ccccc3)[s+]c3ccccc23)CCC/C1=C/C=C1\C=C(c2ccccc2)Sc2ccccc21.[O-][Cl+3]([O-])([O-])[O-]. The monoisotopic (exact) mass is 708 g/mol. The third-order valence-electron chi connectivity index (χ3n) is 7.91. The minimum absolute atomic E-state index is 0.886. The minimum Gasteiger partial charge on any atom is -0.222 e. The summed E-state index contributed by atoms with van der Waals surface area (Å²) in [5, 5.41) is 2.16. The number of fused-ring (bicyclic) bond motifs is 2. The average molecular weight is 710 g/mol. The Labute approximate surface area is 295 Å². The molecule has 0 bridgehead atoms. The summed E-state index contributed by atoms with van der Waals surface area (Å²) in [5.41, 5.74) is 8.61. The molecule has 0 saturated carbocycles. The third kappa shape index (κ3) is 8.80. The van der Waals surface area contributed by atoms with Crippen molar-refractivity contribution >= 4 is 61.3 Å². The molecule has 4 aromatic carbocycles. The first-order chi connectivity index (χ1) is 23.2. The molecular formula is C40H30Cl2O4S2. The Hall–Kier alpha value is -3.82. The Morgan fingerprint density at radius 1 is 0.708 bits per heavy atom. The largest absolute Gasteiger partial charge is 0.239 e. The van der Waals surface area contributed by atoms with Gasteiger partial charge in [-0.15, -0.1) is 10.2 Å². The summed E-state index contributed by atoms with van der Waals surface area (Å²) >= 11 is 10.8. The Bertz CT molecular complexity index is 2070. The molecule has 2 heterocycles. The van der Waals surface area contributed by atoms with Crippen molar-refractivity contribution < 1.29 is 28.9 Å². The van der Waals surface area contributed by atoms with E-state index in [4.69, 9.17) is 30.2 Å². The van der Waals surface area contributed by atoms with Crippen LogP contribution in [0, 0.1) is 10.2 Å². The highest BCUT2D eigenvalue weighted by Crippen LogP contribution is 2.45. The van der Waals surface area contributed by atoms with E-state index in [0.29, 0.717) is 0 Å². The fourth-order valence-electron chi connectivity index (χ4n) is 5.68. The molecule has 8 heteroatoms. The summed E-state index contributed by atoms with van der Waals surface area (Å²) in [6.07, 6.45) is 14.4. The molecule has 0 atom stereocenters. The molecule has 4 nitrogen and oxygen atoms in total. The maximum Gasteiger partial charge on any atom is 0.239 e. The highest BCUT2D eigenvalue weighted by atomic mass is 35.7. The van der Waals surface area contributed by atoms with E-state index in [1.165, 1.54) is 63.7 Å². The van der Waals surface area contributed by atoms with Gasteiger partial charge in [-0.2, -0.15) is 0 Å². The van der Waals surface area contributed by atoms with Crippen molar-refractivity contribution in [3.63, 3.8) is 0 Å². The van der Waals surface area contributed by atoms with Crippen molar-refractivity contribution in [3.8, 4) is 10.4 Å². The Kier molecular flexibility index (Phi) is 11.1. The van der Waals surface area contributed by atoms with Crippen molar-refractivity contribution in [1.82, 2.24) is 0 Å². The number of thioether (sulfide) groups is 1. The Morgan fingerprint density at radius 3 is 2.10 bits per heavy atom. The number of benzene rings is 4. The Balaban J connectivity index is 0.000000749. The van der Waals surface area contributed by atoms with Crippen LogP contribution in [-0.4, -0.2) is 0 Å². The first kappa shape index (κ1) is 34.1. The molecule has 2 aliphatic rings. The van der Waals surface area contributed by atoms with Gasteiger partial charge in [0.2, 0.25) is 20.9 Å². The molecule has 0 saturated heterocycles. The van der Waals surface area contributed by atoms with Gasteiger partial charge in [0, 0.05) is 37.9 Å². The van der Waals surface area contributed by atoms with E-state index >= 15 is 0 Å². The second kappa shape index (κ2) is 15.6. The van der Waals surface area contributed by atoms with Gasteiger partial charge < -0.3 is 0 Å². The molecule has 240 valence electrons. The highest BCUT2D eigenvalue weighted by Gasteiger charge is 2.19. The average Bonchev–Trinajstić information content (AvgIpc) is 3.10. The number of allylic oxidation sites excluding steroid dienone is 8. The van der Waals surface area contributed by atoms with Gasteiger partial charge in [-0.25, -0.2) is 18.6 Å². The van der Waals surface area contributed by atoms with Crippen molar-refractivity contribution in [2.24, 2.45) is 0 Å².